The Morgan fingerprint density at radius 1 is 1.35 bits per heavy atom. The van der Waals surface area contributed by atoms with Crippen molar-refractivity contribution in [1.82, 2.24) is 14.2 Å². The summed E-state index contributed by atoms with van der Waals surface area (Å²) < 4.78 is 8.16. The van der Waals surface area contributed by atoms with E-state index in [0.29, 0.717) is 16.9 Å². The number of hydrogen-bond acceptors (Lipinski definition) is 4. The summed E-state index contributed by atoms with van der Waals surface area (Å²) in [5, 5.41) is 13.1. The Labute approximate surface area is 113 Å². The Kier molecular flexibility index (Phi) is 2.47. The maximum atomic E-state index is 12.4. The zero-order chi connectivity index (χ0) is 14.6. The van der Waals surface area contributed by atoms with Gasteiger partial charge in [0.1, 0.15) is 17.1 Å². The number of furan rings is 1. The third kappa shape index (κ3) is 1.56. The molecule has 0 radical (unpaired) electrons. The van der Waals surface area contributed by atoms with E-state index < -0.39 is 17.6 Å². The molecule has 0 aliphatic rings. The second-order valence-electron chi connectivity index (χ2n) is 4.78. The molecule has 0 aromatic carbocycles. The second-order valence-corrected chi connectivity index (χ2v) is 4.78. The first kappa shape index (κ1) is 12.5. The van der Waals surface area contributed by atoms with E-state index in [2.05, 4.69) is 5.10 Å². The average Bonchev–Trinajstić information content (AvgIpc) is 2.88. The quantitative estimate of drug-likeness (QED) is 0.765. The minimum absolute atomic E-state index is 0.361. The van der Waals surface area contributed by atoms with Crippen molar-refractivity contribution in [3.05, 3.63) is 34.1 Å². The fourth-order valence-electron chi connectivity index (χ4n) is 2.35. The van der Waals surface area contributed by atoms with Crippen LogP contribution in [0.2, 0.25) is 0 Å². The summed E-state index contributed by atoms with van der Waals surface area (Å²) in [6, 6.07) is 2.42. The van der Waals surface area contributed by atoms with Crippen LogP contribution in [-0.2, 0) is 4.79 Å². The van der Waals surface area contributed by atoms with Crippen LogP contribution in [0.3, 0.4) is 0 Å². The lowest BCUT2D eigenvalue weighted by molar-refractivity contribution is -0.140. The Morgan fingerprint density at radius 2 is 2.05 bits per heavy atom. The molecule has 3 aromatic heterocycles. The molecule has 104 valence electrons. The molecular weight excluding hydrogens is 262 g/mol. The van der Waals surface area contributed by atoms with E-state index in [-0.39, 0.29) is 0 Å². The first-order chi connectivity index (χ1) is 9.40. The summed E-state index contributed by atoms with van der Waals surface area (Å²) in [7, 11) is 0. The van der Waals surface area contributed by atoms with Crippen molar-refractivity contribution in [2.45, 2.75) is 26.8 Å². The van der Waals surface area contributed by atoms with E-state index in [0.717, 1.165) is 16.0 Å². The molecule has 3 heterocycles. The minimum atomic E-state index is -1.10. The Bertz CT molecular complexity index is 900. The van der Waals surface area contributed by atoms with E-state index in [9.17, 15) is 9.59 Å². The molecule has 1 N–H and O–H groups in total. The van der Waals surface area contributed by atoms with Gasteiger partial charge in [-0.15, -0.1) is 0 Å². The van der Waals surface area contributed by atoms with Gasteiger partial charge in [0, 0.05) is 12.1 Å². The first-order valence-electron chi connectivity index (χ1n) is 6.14. The van der Waals surface area contributed by atoms with Gasteiger partial charge in [0.15, 0.2) is 11.6 Å². The Balaban J connectivity index is 2.42. The molecule has 1 atom stereocenters. The van der Waals surface area contributed by atoms with Crippen LogP contribution in [-0.4, -0.2) is 25.3 Å². The molecule has 20 heavy (non-hydrogen) atoms. The standard InChI is InChI=1S/C13H13N3O4/c1-6-4-9-11(20-6)5-10-12(17)16(7(2)13(18)19)14-8(3)15(9)10/h4-5,7H,1-3H3,(H,18,19). The predicted octanol–water partition coefficient (Wildman–Crippen LogP) is 1.50. The van der Waals surface area contributed by atoms with Crippen molar-refractivity contribution in [3.8, 4) is 0 Å². The van der Waals surface area contributed by atoms with Gasteiger partial charge in [-0.3, -0.25) is 9.20 Å². The zero-order valence-corrected chi connectivity index (χ0v) is 11.2. The monoisotopic (exact) mass is 275 g/mol. The van der Waals surface area contributed by atoms with Crippen LogP contribution in [0, 0.1) is 13.8 Å². The fourth-order valence-corrected chi connectivity index (χ4v) is 2.35. The number of rotatable bonds is 2. The van der Waals surface area contributed by atoms with Crippen LogP contribution in [0.5, 0.6) is 0 Å². The largest absolute Gasteiger partial charge is 0.480 e. The lowest BCUT2D eigenvalue weighted by Crippen LogP contribution is -2.32. The summed E-state index contributed by atoms with van der Waals surface area (Å²) in [5.41, 5.74) is 1.26. The maximum absolute atomic E-state index is 12.4. The van der Waals surface area contributed by atoms with Gasteiger partial charge in [-0.1, -0.05) is 0 Å². The number of aryl methyl sites for hydroxylation is 2. The van der Waals surface area contributed by atoms with E-state index in [1.807, 2.05) is 13.0 Å². The average molecular weight is 275 g/mol. The van der Waals surface area contributed by atoms with Crippen molar-refractivity contribution in [2.24, 2.45) is 0 Å². The van der Waals surface area contributed by atoms with E-state index in [4.69, 9.17) is 9.52 Å². The summed E-state index contributed by atoms with van der Waals surface area (Å²) in [4.78, 5) is 23.4. The molecule has 1 unspecified atom stereocenters. The van der Waals surface area contributed by atoms with Crippen LogP contribution in [0.1, 0.15) is 24.6 Å². The molecule has 7 heteroatoms. The van der Waals surface area contributed by atoms with Gasteiger partial charge in [0.2, 0.25) is 0 Å². The molecular formula is C13H13N3O4. The van der Waals surface area contributed by atoms with Gasteiger partial charge in [-0.2, -0.15) is 5.10 Å². The normalized spacial score (nSPS) is 13.2. The third-order valence-electron chi connectivity index (χ3n) is 3.34. The van der Waals surface area contributed by atoms with Gasteiger partial charge < -0.3 is 9.52 Å². The lowest BCUT2D eigenvalue weighted by Gasteiger charge is -2.11. The molecule has 0 spiro atoms. The van der Waals surface area contributed by atoms with Crippen LogP contribution < -0.4 is 5.56 Å². The third-order valence-corrected chi connectivity index (χ3v) is 3.34. The molecule has 0 bridgehead atoms. The highest BCUT2D eigenvalue weighted by atomic mass is 16.4. The fraction of sp³-hybridized carbons (Fsp3) is 0.308. The van der Waals surface area contributed by atoms with Crippen LogP contribution in [0.15, 0.2) is 21.3 Å². The topological polar surface area (TPSA) is 89.7 Å². The summed E-state index contributed by atoms with van der Waals surface area (Å²) in [5.74, 6) is 0.171. The van der Waals surface area contributed by atoms with Gasteiger partial charge in [-0.25, -0.2) is 9.48 Å². The number of hydrogen-bond donors (Lipinski definition) is 1. The van der Waals surface area contributed by atoms with Gasteiger partial charge in [-0.05, 0) is 20.8 Å². The Morgan fingerprint density at radius 3 is 2.70 bits per heavy atom. The van der Waals surface area contributed by atoms with Gasteiger partial charge in [0.25, 0.3) is 5.56 Å². The maximum Gasteiger partial charge on any atom is 0.328 e. The number of carboxylic acid groups (broad SMARTS) is 1. The number of fused-ring (bicyclic) bond motifs is 3. The van der Waals surface area contributed by atoms with E-state index in [1.54, 1.807) is 17.4 Å². The van der Waals surface area contributed by atoms with Crippen LogP contribution >= 0.6 is 0 Å². The van der Waals surface area contributed by atoms with Crippen LogP contribution in [0.4, 0.5) is 0 Å². The Hall–Kier alpha value is -2.57. The number of nitrogens with zero attached hydrogens (tertiary/aromatic N) is 3. The van der Waals surface area contributed by atoms with Crippen LogP contribution in [0.25, 0.3) is 16.6 Å². The van der Waals surface area contributed by atoms with Crippen molar-refractivity contribution in [1.29, 1.82) is 0 Å². The molecule has 7 nitrogen and oxygen atoms in total. The number of carboxylic acids is 1. The van der Waals surface area contributed by atoms with Gasteiger partial charge in [0.05, 0.1) is 5.52 Å². The molecule has 0 fully saturated rings. The summed E-state index contributed by atoms with van der Waals surface area (Å²) >= 11 is 0. The highest BCUT2D eigenvalue weighted by molar-refractivity contribution is 5.83. The van der Waals surface area contributed by atoms with Crippen molar-refractivity contribution in [2.75, 3.05) is 0 Å². The van der Waals surface area contributed by atoms with E-state index >= 15 is 0 Å². The summed E-state index contributed by atoms with van der Waals surface area (Å²) in [6.07, 6.45) is 0. The van der Waals surface area contributed by atoms with E-state index in [1.165, 1.54) is 6.92 Å². The molecule has 0 aliphatic carbocycles. The first-order valence-corrected chi connectivity index (χ1v) is 6.14. The predicted molar refractivity (Wildman–Crippen MR) is 71.0 cm³/mol. The number of carbonyl (C=O) groups is 1. The highest BCUT2D eigenvalue weighted by Gasteiger charge is 2.20. The number of aliphatic carboxylic acids is 1. The minimum Gasteiger partial charge on any atom is -0.480 e. The molecule has 0 saturated carbocycles. The second kappa shape index (κ2) is 3.96. The molecule has 3 aromatic rings. The van der Waals surface area contributed by atoms with Gasteiger partial charge >= 0.3 is 5.97 Å². The zero-order valence-electron chi connectivity index (χ0n) is 11.2. The summed E-state index contributed by atoms with van der Waals surface area (Å²) in [6.45, 7) is 4.96. The molecule has 0 saturated heterocycles. The number of aromatic nitrogens is 3. The molecule has 3 rings (SSSR count). The SMILES string of the molecule is Cc1cc2c(cc3c(=O)n(C(C)C(=O)O)nc(C)n32)o1. The highest BCUT2D eigenvalue weighted by Crippen LogP contribution is 2.23. The molecule has 0 aliphatic heterocycles. The van der Waals surface area contributed by atoms with Crippen molar-refractivity contribution >= 4 is 22.6 Å². The smallest absolute Gasteiger partial charge is 0.328 e. The lowest BCUT2D eigenvalue weighted by atomic mass is 10.3. The van der Waals surface area contributed by atoms with Crippen molar-refractivity contribution < 1.29 is 14.3 Å². The molecule has 0 amide bonds. The van der Waals surface area contributed by atoms with Crippen molar-refractivity contribution in [3.63, 3.8) is 0 Å².